The third kappa shape index (κ3) is 4.38. The molecule has 5 nitrogen and oxygen atoms in total. The number of hydrogen-bond donors (Lipinski definition) is 1. The van der Waals surface area contributed by atoms with Gasteiger partial charge >= 0.3 is 0 Å². The van der Waals surface area contributed by atoms with Crippen LogP contribution in [0.1, 0.15) is 74.0 Å². The van der Waals surface area contributed by atoms with Gasteiger partial charge in [0.2, 0.25) is 0 Å². The Hall–Kier alpha value is -2.82. The number of unbranched alkanes of at least 4 members (excludes halogenated alkanes) is 1. The molecule has 1 amide bonds. The fraction of sp³-hybridized carbons (Fsp3) is 0.481. The van der Waals surface area contributed by atoms with Gasteiger partial charge in [-0.2, -0.15) is 0 Å². The predicted octanol–water partition coefficient (Wildman–Crippen LogP) is 6.39. The number of hydrogen-bond acceptors (Lipinski definition) is 3. The Morgan fingerprint density at radius 3 is 2.66 bits per heavy atom. The maximum absolute atomic E-state index is 13.4. The second-order valence-corrected chi connectivity index (χ2v) is 8.89. The number of methoxy groups -OCH3 is 1. The molecule has 0 fully saturated rings. The summed E-state index contributed by atoms with van der Waals surface area (Å²) in [5.74, 6) is 1.42. The molecule has 1 aliphatic carbocycles. The van der Waals surface area contributed by atoms with Gasteiger partial charge in [0, 0.05) is 41.3 Å². The zero-order valence-electron chi connectivity index (χ0n) is 19.6. The van der Waals surface area contributed by atoms with Gasteiger partial charge in [-0.3, -0.25) is 9.78 Å². The van der Waals surface area contributed by atoms with Crippen LogP contribution in [-0.4, -0.2) is 22.6 Å². The summed E-state index contributed by atoms with van der Waals surface area (Å²) in [6.45, 7) is 5.55. The van der Waals surface area contributed by atoms with Crippen LogP contribution in [0.4, 0.5) is 5.69 Å². The lowest BCUT2D eigenvalue weighted by Crippen LogP contribution is -2.15. The number of aryl methyl sites for hydroxylation is 1. The molecular formula is C27H35N3O2. The van der Waals surface area contributed by atoms with E-state index >= 15 is 0 Å². The van der Waals surface area contributed by atoms with E-state index in [0.717, 1.165) is 47.3 Å². The van der Waals surface area contributed by atoms with E-state index in [1.165, 1.54) is 49.8 Å². The number of anilines is 1. The summed E-state index contributed by atoms with van der Waals surface area (Å²) in [6.07, 6.45) is 12.7. The SMILES string of the molecule is CCCCC(CC)Cn1c2c(c3c(C(=O)Nc4ccncc4)ccc(OC)c31)CCCC2. The summed E-state index contributed by atoms with van der Waals surface area (Å²) < 4.78 is 8.33. The molecule has 1 unspecified atom stereocenters. The summed E-state index contributed by atoms with van der Waals surface area (Å²) >= 11 is 0. The monoisotopic (exact) mass is 433 g/mol. The lowest BCUT2D eigenvalue weighted by Gasteiger charge is -2.21. The number of fused-ring (bicyclic) bond motifs is 3. The number of amides is 1. The van der Waals surface area contributed by atoms with E-state index in [1.807, 2.05) is 24.3 Å². The van der Waals surface area contributed by atoms with Crippen LogP contribution in [-0.2, 0) is 19.4 Å². The Bertz CT molecular complexity index is 1070. The number of rotatable bonds is 9. The highest BCUT2D eigenvalue weighted by atomic mass is 16.5. The molecule has 170 valence electrons. The largest absolute Gasteiger partial charge is 0.495 e. The van der Waals surface area contributed by atoms with Gasteiger partial charge in [0.25, 0.3) is 5.91 Å². The number of nitrogens with one attached hydrogen (secondary N) is 1. The summed E-state index contributed by atoms with van der Waals surface area (Å²) in [6, 6.07) is 7.52. The zero-order chi connectivity index (χ0) is 22.5. The second-order valence-electron chi connectivity index (χ2n) is 8.89. The Labute approximate surface area is 191 Å². The highest BCUT2D eigenvalue weighted by molar-refractivity contribution is 6.14. The third-order valence-corrected chi connectivity index (χ3v) is 6.86. The van der Waals surface area contributed by atoms with Crippen molar-refractivity contribution in [3.8, 4) is 5.75 Å². The molecule has 0 bridgehead atoms. The number of aromatic nitrogens is 2. The van der Waals surface area contributed by atoms with Crippen LogP contribution in [0.15, 0.2) is 36.7 Å². The van der Waals surface area contributed by atoms with Gasteiger partial charge in [0.1, 0.15) is 5.75 Å². The number of benzene rings is 1. The van der Waals surface area contributed by atoms with Crippen molar-refractivity contribution in [2.75, 3.05) is 12.4 Å². The van der Waals surface area contributed by atoms with Crippen LogP contribution < -0.4 is 10.1 Å². The first-order valence-electron chi connectivity index (χ1n) is 12.1. The number of carbonyl (C=O) groups excluding carboxylic acids is 1. The molecule has 0 aliphatic heterocycles. The van der Waals surface area contributed by atoms with E-state index in [4.69, 9.17) is 4.74 Å². The fourth-order valence-corrected chi connectivity index (χ4v) is 5.10. The maximum atomic E-state index is 13.4. The Balaban J connectivity index is 1.83. The molecule has 5 heteroatoms. The third-order valence-electron chi connectivity index (χ3n) is 6.86. The first kappa shape index (κ1) is 22.4. The van der Waals surface area contributed by atoms with Gasteiger partial charge in [-0.25, -0.2) is 0 Å². The topological polar surface area (TPSA) is 56.2 Å². The maximum Gasteiger partial charge on any atom is 0.256 e. The fourth-order valence-electron chi connectivity index (χ4n) is 5.10. The molecule has 2 aromatic heterocycles. The Morgan fingerprint density at radius 1 is 1.16 bits per heavy atom. The average molecular weight is 434 g/mol. The highest BCUT2D eigenvalue weighted by Crippen LogP contribution is 2.40. The van der Waals surface area contributed by atoms with Crippen molar-refractivity contribution in [2.24, 2.45) is 5.92 Å². The minimum absolute atomic E-state index is 0.0765. The molecule has 0 saturated carbocycles. The van der Waals surface area contributed by atoms with E-state index in [1.54, 1.807) is 19.5 Å². The second kappa shape index (κ2) is 10.2. The van der Waals surface area contributed by atoms with Crippen LogP contribution in [0, 0.1) is 5.92 Å². The van der Waals surface area contributed by atoms with Crippen LogP contribution >= 0.6 is 0 Å². The molecule has 1 aromatic carbocycles. The normalized spacial score (nSPS) is 14.2. The Kier molecular flexibility index (Phi) is 7.13. The Morgan fingerprint density at radius 2 is 1.94 bits per heavy atom. The minimum Gasteiger partial charge on any atom is -0.495 e. The lowest BCUT2D eigenvalue weighted by molar-refractivity contribution is 0.102. The van der Waals surface area contributed by atoms with E-state index in [2.05, 4.69) is 28.7 Å². The molecule has 0 saturated heterocycles. The molecule has 1 N–H and O–H groups in total. The summed E-state index contributed by atoms with van der Waals surface area (Å²) in [5.41, 5.74) is 5.33. The first-order chi connectivity index (χ1) is 15.7. The quantitative estimate of drug-likeness (QED) is 0.425. The molecule has 0 spiro atoms. The molecule has 3 aromatic rings. The van der Waals surface area contributed by atoms with Crippen LogP contribution in [0.2, 0.25) is 0 Å². The molecule has 0 radical (unpaired) electrons. The first-order valence-corrected chi connectivity index (χ1v) is 12.1. The molecule has 2 heterocycles. The van der Waals surface area contributed by atoms with E-state index in [0.29, 0.717) is 5.92 Å². The van der Waals surface area contributed by atoms with Crippen molar-refractivity contribution >= 4 is 22.5 Å². The number of carbonyl (C=O) groups is 1. The van der Waals surface area contributed by atoms with Gasteiger partial charge < -0.3 is 14.6 Å². The van der Waals surface area contributed by atoms with Crippen molar-refractivity contribution in [1.82, 2.24) is 9.55 Å². The summed E-state index contributed by atoms with van der Waals surface area (Å²) in [5, 5.41) is 4.13. The van der Waals surface area contributed by atoms with E-state index < -0.39 is 0 Å². The van der Waals surface area contributed by atoms with Crippen molar-refractivity contribution < 1.29 is 9.53 Å². The van der Waals surface area contributed by atoms with Crippen molar-refractivity contribution in [2.45, 2.75) is 71.8 Å². The molecule has 4 rings (SSSR count). The number of ether oxygens (including phenoxy) is 1. The standard InChI is InChI=1S/C27H35N3O2/c1-4-6-9-19(5-2)18-30-23-11-8-7-10-21(23)25-22(12-13-24(32-3)26(25)30)27(31)29-20-14-16-28-17-15-20/h12-17,19H,4-11,18H2,1-3H3,(H,28,29,31). The van der Waals surface area contributed by atoms with Gasteiger partial charge in [0.05, 0.1) is 12.6 Å². The van der Waals surface area contributed by atoms with Gasteiger partial charge in [-0.1, -0.05) is 33.1 Å². The molecule has 32 heavy (non-hydrogen) atoms. The predicted molar refractivity (Wildman–Crippen MR) is 131 cm³/mol. The van der Waals surface area contributed by atoms with E-state index in [-0.39, 0.29) is 5.91 Å². The van der Waals surface area contributed by atoms with Crippen LogP contribution in [0.5, 0.6) is 5.75 Å². The zero-order valence-corrected chi connectivity index (χ0v) is 19.6. The summed E-state index contributed by atoms with van der Waals surface area (Å²) in [4.78, 5) is 17.4. The van der Waals surface area contributed by atoms with Crippen molar-refractivity contribution in [3.05, 3.63) is 53.5 Å². The smallest absolute Gasteiger partial charge is 0.256 e. The molecule has 1 aliphatic rings. The lowest BCUT2D eigenvalue weighted by atomic mass is 9.93. The average Bonchev–Trinajstić information content (AvgIpc) is 3.16. The number of pyridine rings is 1. The van der Waals surface area contributed by atoms with Gasteiger partial charge in [0.15, 0.2) is 0 Å². The highest BCUT2D eigenvalue weighted by Gasteiger charge is 2.27. The van der Waals surface area contributed by atoms with Gasteiger partial charge in [-0.15, -0.1) is 0 Å². The van der Waals surface area contributed by atoms with E-state index in [9.17, 15) is 4.79 Å². The van der Waals surface area contributed by atoms with Crippen LogP contribution in [0.25, 0.3) is 10.9 Å². The summed E-state index contributed by atoms with van der Waals surface area (Å²) in [7, 11) is 1.73. The van der Waals surface area contributed by atoms with Crippen molar-refractivity contribution in [1.29, 1.82) is 0 Å². The molecular weight excluding hydrogens is 398 g/mol. The van der Waals surface area contributed by atoms with Gasteiger partial charge in [-0.05, 0) is 67.9 Å². The van der Waals surface area contributed by atoms with Crippen molar-refractivity contribution in [3.63, 3.8) is 0 Å². The molecule has 1 atom stereocenters. The minimum atomic E-state index is -0.0765. The van der Waals surface area contributed by atoms with Crippen LogP contribution in [0.3, 0.4) is 0 Å². The number of nitrogens with zero attached hydrogens (tertiary/aromatic N) is 2.